The van der Waals surface area contributed by atoms with Crippen molar-refractivity contribution >= 4 is 23.2 Å². The normalized spacial score (nSPS) is 21.9. The summed E-state index contributed by atoms with van der Waals surface area (Å²) in [5, 5.41) is 6.85. The van der Waals surface area contributed by atoms with Gasteiger partial charge >= 0.3 is 0 Å². The lowest BCUT2D eigenvalue weighted by atomic mass is 9.90. The Morgan fingerprint density at radius 3 is 2.95 bits per heavy atom. The molecule has 2 N–H and O–H groups in total. The zero-order chi connectivity index (χ0) is 15.3. The molecule has 1 aromatic carbocycles. The van der Waals surface area contributed by atoms with Gasteiger partial charge in [-0.25, -0.2) is 0 Å². The Kier molecular flexibility index (Phi) is 5.48. The van der Waals surface area contributed by atoms with Gasteiger partial charge in [-0.3, -0.25) is 4.79 Å². The van der Waals surface area contributed by atoms with E-state index in [9.17, 15) is 4.79 Å². The Hall–Kier alpha value is -1.26. The van der Waals surface area contributed by atoms with Crippen molar-refractivity contribution < 1.29 is 9.53 Å². The second-order valence-electron chi connectivity index (χ2n) is 5.66. The standard InChI is InChI=1S/C16H23ClN2O2/c1-3-10-21-14-7-6-12(17)11-13(14)19-15(20)16(2)8-4-5-9-18-16/h6-7,11,18H,3-5,8-10H2,1-2H3,(H,19,20). The summed E-state index contributed by atoms with van der Waals surface area (Å²) in [4.78, 5) is 12.6. The first-order valence-electron chi connectivity index (χ1n) is 7.54. The van der Waals surface area contributed by atoms with Gasteiger partial charge in [-0.05, 0) is 57.4 Å². The van der Waals surface area contributed by atoms with E-state index in [1.54, 1.807) is 18.2 Å². The van der Waals surface area contributed by atoms with Crippen LogP contribution < -0.4 is 15.4 Å². The smallest absolute Gasteiger partial charge is 0.244 e. The summed E-state index contributed by atoms with van der Waals surface area (Å²) >= 11 is 6.03. The molecule has 1 aromatic rings. The number of hydrogen-bond donors (Lipinski definition) is 2. The number of amides is 1. The van der Waals surface area contributed by atoms with Gasteiger partial charge in [0.1, 0.15) is 5.75 Å². The first kappa shape index (κ1) is 16.1. The lowest BCUT2D eigenvalue weighted by Gasteiger charge is -2.33. The van der Waals surface area contributed by atoms with Crippen LogP contribution in [0, 0.1) is 0 Å². The van der Waals surface area contributed by atoms with E-state index in [4.69, 9.17) is 16.3 Å². The molecule has 0 aliphatic carbocycles. The van der Waals surface area contributed by atoms with E-state index in [1.165, 1.54) is 0 Å². The summed E-state index contributed by atoms with van der Waals surface area (Å²) in [6, 6.07) is 5.30. The van der Waals surface area contributed by atoms with Gasteiger partial charge in [0.05, 0.1) is 17.8 Å². The molecule has 1 aliphatic rings. The molecule has 2 rings (SSSR count). The molecule has 1 fully saturated rings. The molecule has 21 heavy (non-hydrogen) atoms. The summed E-state index contributed by atoms with van der Waals surface area (Å²) in [5.74, 6) is 0.625. The van der Waals surface area contributed by atoms with E-state index < -0.39 is 5.54 Å². The molecule has 5 heteroatoms. The monoisotopic (exact) mass is 310 g/mol. The van der Waals surface area contributed by atoms with E-state index >= 15 is 0 Å². The fourth-order valence-corrected chi connectivity index (χ4v) is 2.62. The van der Waals surface area contributed by atoms with Crippen LogP contribution in [0.3, 0.4) is 0 Å². The minimum absolute atomic E-state index is 0.0363. The Bertz CT molecular complexity index is 499. The fourth-order valence-electron chi connectivity index (χ4n) is 2.45. The van der Waals surface area contributed by atoms with Crippen molar-refractivity contribution in [2.75, 3.05) is 18.5 Å². The quantitative estimate of drug-likeness (QED) is 0.873. The van der Waals surface area contributed by atoms with Crippen molar-refractivity contribution in [3.63, 3.8) is 0 Å². The molecule has 0 spiro atoms. The van der Waals surface area contributed by atoms with Gasteiger partial charge in [0.25, 0.3) is 0 Å². The highest BCUT2D eigenvalue weighted by molar-refractivity contribution is 6.31. The van der Waals surface area contributed by atoms with Gasteiger partial charge in [0.2, 0.25) is 5.91 Å². The molecular formula is C16H23ClN2O2. The molecule has 1 unspecified atom stereocenters. The van der Waals surface area contributed by atoms with Crippen LogP contribution in [0.15, 0.2) is 18.2 Å². The molecule has 1 heterocycles. The summed E-state index contributed by atoms with van der Waals surface area (Å²) in [6.07, 6.45) is 3.93. The van der Waals surface area contributed by atoms with Crippen LogP contribution in [0.25, 0.3) is 0 Å². The number of piperidine rings is 1. The van der Waals surface area contributed by atoms with Gasteiger partial charge in [-0.1, -0.05) is 18.5 Å². The van der Waals surface area contributed by atoms with Crippen molar-refractivity contribution in [2.24, 2.45) is 0 Å². The molecule has 1 saturated heterocycles. The third kappa shape index (κ3) is 4.11. The van der Waals surface area contributed by atoms with E-state index in [2.05, 4.69) is 10.6 Å². The number of carbonyl (C=O) groups excluding carboxylic acids is 1. The highest BCUT2D eigenvalue weighted by Gasteiger charge is 2.34. The second kappa shape index (κ2) is 7.14. The van der Waals surface area contributed by atoms with E-state index in [-0.39, 0.29) is 5.91 Å². The Balaban J connectivity index is 2.13. The molecule has 0 bridgehead atoms. The average Bonchev–Trinajstić information content (AvgIpc) is 2.47. The minimum atomic E-state index is -0.525. The fraction of sp³-hybridized carbons (Fsp3) is 0.562. The topological polar surface area (TPSA) is 50.4 Å². The number of ether oxygens (including phenoxy) is 1. The van der Waals surface area contributed by atoms with Crippen molar-refractivity contribution in [1.82, 2.24) is 5.32 Å². The SMILES string of the molecule is CCCOc1ccc(Cl)cc1NC(=O)C1(C)CCCCN1. The van der Waals surface area contributed by atoms with Crippen LogP contribution >= 0.6 is 11.6 Å². The van der Waals surface area contributed by atoms with Crippen LogP contribution in [0.2, 0.25) is 5.02 Å². The van der Waals surface area contributed by atoms with Crippen LogP contribution in [-0.2, 0) is 4.79 Å². The lowest BCUT2D eigenvalue weighted by molar-refractivity contribution is -0.122. The second-order valence-corrected chi connectivity index (χ2v) is 6.10. The lowest BCUT2D eigenvalue weighted by Crippen LogP contribution is -2.54. The van der Waals surface area contributed by atoms with Crippen LogP contribution in [0.5, 0.6) is 5.75 Å². The first-order valence-corrected chi connectivity index (χ1v) is 7.92. The van der Waals surface area contributed by atoms with E-state index in [0.717, 1.165) is 32.2 Å². The van der Waals surface area contributed by atoms with Gasteiger partial charge < -0.3 is 15.4 Å². The maximum atomic E-state index is 12.6. The predicted octanol–water partition coefficient (Wildman–Crippen LogP) is 3.60. The number of anilines is 1. The maximum absolute atomic E-state index is 12.6. The van der Waals surface area contributed by atoms with Crippen molar-refractivity contribution in [2.45, 2.75) is 45.1 Å². The Labute approximate surface area is 131 Å². The molecule has 4 nitrogen and oxygen atoms in total. The highest BCUT2D eigenvalue weighted by atomic mass is 35.5. The summed E-state index contributed by atoms with van der Waals surface area (Å²) < 4.78 is 5.67. The summed E-state index contributed by atoms with van der Waals surface area (Å²) in [5.41, 5.74) is 0.109. The molecule has 1 atom stereocenters. The predicted molar refractivity (Wildman–Crippen MR) is 86.1 cm³/mol. The molecule has 0 saturated carbocycles. The molecule has 0 aromatic heterocycles. The Morgan fingerprint density at radius 2 is 2.29 bits per heavy atom. The zero-order valence-corrected chi connectivity index (χ0v) is 13.4. The third-order valence-corrected chi connectivity index (χ3v) is 4.01. The number of rotatable bonds is 5. The number of nitrogens with one attached hydrogen (secondary N) is 2. The molecule has 116 valence electrons. The van der Waals surface area contributed by atoms with Crippen LogP contribution in [0.1, 0.15) is 39.5 Å². The largest absolute Gasteiger partial charge is 0.491 e. The summed E-state index contributed by atoms with van der Waals surface area (Å²) in [7, 11) is 0. The number of halogens is 1. The molecule has 1 aliphatic heterocycles. The summed E-state index contributed by atoms with van der Waals surface area (Å²) in [6.45, 7) is 5.47. The van der Waals surface area contributed by atoms with Crippen LogP contribution in [-0.4, -0.2) is 24.6 Å². The van der Waals surface area contributed by atoms with Gasteiger partial charge in [0.15, 0.2) is 0 Å². The molecular weight excluding hydrogens is 288 g/mol. The molecule has 1 amide bonds. The van der Waals surface area contributed by atoms with Crippen molar-refractivity contribution in [1.29, 1.82) is 0 Å². The van der Waals surface area contributed by atoms with Gasteiger partial charge in [-0.2, -0.15) is 0 Å². The number of carbonyl (C=O) groups is 1. The average molecular weight is 311 g/mol. The number of benzene rings is 1. The van der Waals surface area contributed by atoms with Gasteiger partial charge in [-0.15, -0.1) is 0 Å². The molecule has 0 radical (unpaired) electrons. The Morgan fingerprint density at radius 1 is 1.48 bits per heavy atom. The van der Waals surface area contributed by atoms with Crippen molar-refractivity contribution in [3.8, 4) is 5.75 Å². The van der Waals surface area contributed by atoms with Crippen LogP contribution in [0.4, 0.5) is 5.69 Å². The maximum Gasteiger partial charge on any atom is 0.244 e. The third-order valence-electron chi connectivity index (χ3n) is 3.77. The van der Waals surface area contributed by atoms with Crippen molar-refractivity contribution in [3.05, 3.63) is 23.2 Å². The van der Waals surface area contributed by atoms with E-state index in [0.29, 0.717) is 23.1 Å². The van der Waals surface area contributed by atoms with Gasteiger partial charge in [0, 0.05) is 5.02 Å². The minimum Gasteiger partial charge on any atom is -0.491 e. The number of hydrogen-bond acceptors (Lipinski definition) is 3. The zero-order valence-electron chi connectivity index (χ0n) is 12.7. The highest BCUT2D eigenvalue weighted by Crippen LogP contribution is 2.30. The first-order chi connectivity index (χ1) is 10.0. The van der Waals surface area contributed by atoms with E-state index in [1.807, 2.05) is 13.8 Å².